The summed E-state index contributed by atoms with van der Waals surface area (Å²) in [6.45, 7) is 2.56. The van der Waals surface area contributed by atoms with Crippen LogP contribution in [-0.4, -0.2) is 53.6 Å². The number of benzene rings is 1. The van der Waals surface area contributed by atoms with Crippen LogP contribution in [0.5, 0.6) is 5.88 Å². The van der Waals surface area contributed by atoms with Crippen molar-refractivity contribution in [3.05, 3.63) is 81.9 Å². The van der Waals surface area contributed by atoms with Gasteiger partial charge in [0.25, 0.3) is 0 Å². The van der Waals surface area contributed by atoms with E-state index >= 15 is 0 Å². The van der Waals surface area contributed by atoms with E-state index in [1.807, 2.05) is 41.2 Å². The maximum atomic E-state index is 14.6. The number of rotatable bonds is 7. The molecule has 8 nitrogen and oxygen atoms in total. The van der Waals surface area contributed by atoms with Crippen LogP contribution in [0.2, 0.25) is 6.04 Å². The minimum Gasteiger partial charge on any atom is -0.481 e. The lowest BCUT2D eigenvalue weighted by molar-refractivity contribution is 0.389. The fourth-order valence-corrected chi connectivity index (χ4v) is 9.39. The van der Waals surface area contributed by atoms with Gasteiger partial charge in [0.2, 0.25) is 5.88 Å². The molecule has 0 amide bonds. The number of thioether (sulfide) groups is 1. The first kappa shape index (κ1) is 26.7. The first-order valence-corrected chi connectivity index (χ1v) is 16.0. The molecule has 0 saturated carbocycles. The standard InChI is InChI=1S/C28H29F2N6O2SSi/c1-38-24-11-18(5-6-32-24)14-36(40-10-2-7-35(17-40)20-3-4-23(31)33-13-20)16-19-15-34-8-9-39-28-25(30)22(29)12-21(26(28)34)27(19)37/h3-6,11-13,15H,2,7-10,14,16-17H2,1H3,(H2,31,33). The summed E-state index contributed by atoms with van der Waals surface area (Å²) in [5.74, 6) is -0.226. The van der Waals surface area contributed by atoms with Crippen LogP contribution in [-0.2, 0) is 19.6 Å². The second-order valence-electron chi connectivity index (χ2n) is 10.0. The molecule has 5 heterocycles. The van der Waals surface area contributed by atoms with Crippen molar-refractivity contribution in [3.63, 3.8) is 0 Å². The van der Waals surface area contributed by atoms with Gasteiger partial charge in [0.15, 0.2) is 26.0 Å². The Labute approximate surface area is 236 Å². The Kier molecular flexibility index (Phi) is 7.47. The molecule has 0 unspecified atom stereocenters. The number of anilines is 2. The predicted molar refractivity (Wildman–Crippen MR) is 155 cm³/mol. The van der Waals surface area contributed by atoms with Gasteiger partial charge in [-0.05, 0) is 42.3 Å². The average molecular weight is 580 g/mol. The van der Waals surface area contributed by atoms with Gasteiger partial charge >= 0.3 is 0 Å². The number of nitrogens with zero attached hydrogens (tertiary/aromatic N) is 5. The number of aryl methyl sites for hydroxylation is 1. The molecular weight excluding hydrogens is 550 g/mol. The SMILES string of the molecule is COc1cc(CN(Cc2cn3c4c(c(F)c(F)cc4c2=O)SCC3)[Si]2CCCN(c3ccc(N)nc3)C2)ccn1. The van der Waals surface area contributed by atoms with Gasteiger partial charge in [0.05, 0.1) is 34.8 Å². The number of methoxy groups -OCH3 is 1. The Morgan fingerprint density at radius 2 is 2.05 bits per heavy atom. The van der Waals surface area contributed by atoms with Crippen LogP contribution < -0.4 is 20.8 Å². The molecule has 2 aliphatic rings. The molecule has 1 saturated heterocycles. The maximum Gasteiger partial charge on any atom is 0.213 e. The minimum absolute atomic E-state index is 0.220. The molecule has 3 aromatic heterocycles. The summed E-state index contributed by atoms with van der Waals surface area (Å²) in [4.78, 5) is 24.8. The quantitative estimate of drug-likeness (QED) is 0.326. The van der Waals surface area contributed by atoms with Gasteiger partial charge in [-0.25, -0.2) is 18.7 Å². The molecule has 1 aromatic carbocycles. The van der Waals surface area contributed by atoms with Gasteiger partial charge in [-0.1, -0.05) is 0 Å². The zero-order chi connectivity index (χ0) is 27.8. The number of ether oxygens (including phenoxy) is 1. The molecule has 0 atom stereocenters. The first-order valence-electron chi connectivity index (χ1n) is 13.1. The molecule has 1 radical (unpaired) electrons. The van der Waals surface area contributed by atoms with Crippen LogP contribution >= 0.6 is 11.8 Å². The summed E-state index contributed by atoms with van der Waals surface area (Å²) in [5.41, 5.74) is 8.70. The Morgan fingerprint density at radius 3 is 2.85 bits per heavy atom. The Hall–Kier alpha value is -3.48. The molecule has 2 N–H and O–H groups in total. The van der Waals surface area contributed by atoms with E-state index in [4.69, 9.17) is 10.5 Å². The number of hydrogen-bond acceptors (Lipinski definition) is 8. The van der Waals surface area contributed by atoms with Crippen molar-refractivity contribution in [2.45, 2.75) is 37.0 Å². The minimum atomic E-state index is -1.15. The maximum absolute atomic E-state index is 14.6. The summed E-state index contributed by atoms with van der Waals surface area (Å²) in [5, 5.41) is 0.236. The Morgan fingerprint density at radius 1 is 1.18 bits per heavy atom. The molecule has 6 rings (SSSR count). The highest BCUT2D eigenvalue weighted by molar-refractivity contribution is 7.99. The second kappa shape index (κ2) is 11.2. The van der Waals surface area contributed by atoms with Crippen molar-refractivity contribution in [1.29, 1.82) is 0 Å². The van der Waals surface area contributed by atoms with Crippen LogP contribution in [0, 0.1) is 11.6 Å². The molecule has 40 heavy (non-hydrogen) atoms. The molecule has 12 heteroatoms. The first-order chi connectivity index (χ1) is 19.4. The van der Waals surface area contributed by atoms with Crippen LogP contribution in [0.3, 0.4) is 0 Å². The van der Waals surface area contributed by atoms with Gasteiger partial charge in [-0.15, -0.1) is 11.8 Å². The molecule has 0 spiro atoms. The molecule has 0 bridgehead atoms. The lowest BCUT2D eigenvalue weighted by Gasteiger charge is -2.39. The highest BCUT2D eigenvalue weighted by atomic mass is 32.2. The van der Waals surface area contributed by atoms with Gasteiger partial charge in [-0.3, -0.25) is 4.79 Å². The smallest absolute Gasteiger partial charge is 0.213 e. The van der Waals surface area contributed by atoms with E-state index in [0.717, 1.165) is 42.5 Å². The number of hydrogen-bond donors (Lipinski definition) is 1. The van der Waals surface area contributed by atoms with Crippen LogP contribution in [0.1, 0.15) is 17.5 Å². The van der Waals surface area contributed by atoms with E-state index in [-0.39, 0.29) is 15.7 Å². The average Bonchev–Trinajstić information content (AvgIpc) is 2.98. The number of aromatic nitrogens is 3. The van der Waals surface area contributed by atoms with Crippen LogP contribution in [0.4, 0.5) is 20.3 Å². The zero-order valence-electron chi connectivity index (χ0n) is 22.1. The molecule has 2 aliphatic heterocycles. The van der Waals surface area contributed by atoms with Crippen molar-refractivity contribution >= 4 is 43.1 Å². The van der Waals surface area contributed by atoms with Gasteiger partial charge < -0.3 is 24.5 Å². The van der Waals surface area contributed by atoms with Crippen molar-refractivity contribution in [1.82, 2.24) is 19.1 Å². The van der Waals surface area contributed by atoms with E-state index in [1.165, 1.54) is 11.8 Å². The summed E-state index contributed by atoms with van der Waals surface area (Å²) in [7, 11) is 0.439. The van der Waals surface area contributed by atoms with Gasteiger partial charge in [0.1, 0.15) is 5.82 Å². The van der Waals surface area contributed by atoms with E-state index in [2.05, 4.69) is 19.4 Å². The second-order valence-corrected chi connectivity index (χ2v) is 13.7. The third kappa shape index (κ3) is 5.18. The lowest BCUT2D eigenvalue weighted by atomic mass is 10.1. The van der Waals surface area contributed by atoms with Gasteiger partial charge in [0, 0.05) is 62.1 Å². The molecule has 207 valence electrons. The molecule has 0 aliphatic carbocycles. The summed E-state index contributed by atoms with van der Waals surface area (Å²) < 4.78 is 38.8. The van der Waals surface area contributed by atoms with E-state index in [0.29, 0.717) is 48.2 Å². The predicted octanol–water partition coefficient (Wildman–Crippen LogP) is 4.21. The zero-order valence-corrected chi connectivity index (χ0v) is 23.9. The Balaban J connectivity index is 1.38. The molecular formula is C28H29F2N6O2SSi. The number of nitrogen functional groups attached to an aromatic ring is 1. The summed E-state index contributed by atoms with van der Waals surface area (Å²) in [6, 6.07) is 9.79. The van der Waals surface area contributed by atoms with Crippen molar-refractivity contribution in [2.75, 3.05) is 36.2 Å². The van der Waals surface area contributed by atoms with E-state index in [1.54, 1.807) is 13.3 Å². The Bertz CT molecular complexity index is 1620. The fourth-order valence-electron chi connectivity index (χ4n) is 5.48. The topological polar surface area (TPSA) is 89.5 Å². The third-order valence-corrected chi connectivity index (χ3v) is 11.4. The van der Waals surface area contributed by atoms with E-state index < -0.39 is 20.6 Å². The fraction of sp³-hybridized carbons (Fsp3) is 0.321. The summed E-state index contributed by atoms with van der Waals surface area (Å²) in [6.07, 6.45) is 7.24. The van der Waals surface area contributed by atoms with E-state index in [9.17, 15) is 13.6 Å². The lowest BCUT2D eigenvalue weighted by Crippen LogP contribution is -2.51. The van der Waals surface area contributed by atoms with Crippen molar-refractivity contribution in [3.8, 4) is 5.88 Å². The number of halogens is 2. The number of pyridine rings is 3. The van der Waals surface area contributed by atoms with Crippen LogP contribution in [0.15, 0.2) is 58.6 Å². The highest BCUT2D eigenvalue weighted by Crippen LogP contribution is 2.35. The molecule has 1 fully saturated rings. The van der Waals surface area contributed by atoms with Gasteiger partial charge in [-0.2, -0.15) is 0 Å². The monoisotopic (exact) mass is 579 g/mol. The number of nitrogens with two attached hydrogens (primary N) is 1. The van der Waals surface area contributed by atoms with Crippen LogP contribution in [0.25, 0.3) is 10.9 Å². The molecule has 4 aromatic rings. The third-order valence-electron chi connectivity index (χ3n) is 7.46. The van der Waals surface area contributed by atoms with Crippen molar-refractivity contribution in [2.24, 2.45) is 0 Å². The highest BCUT2D eigenvalue weighted by Gasteiger charge is 2.30. The summed E-state index contributed by atoms with van der Waals surface area (Å²) >= 11 is 1.26. The normalized spacial score (nSPS) is 15.7. The largest absolute Gasteiger partial charge is 0.481 e. The van der Waals surface area contributed by atoms with Crippen molar-refractivity contribution < 1.29 is 13.5 Å².